The lowest BCUT2D eigenvalue weighted by atomic mass is 9.93. The molecule has 0 atom stereocenters. The molecule has 10 heteroatoms. The third-order valence-electron chi connectivity index (χ3n) is 5.94. The van der Waals surface area contributed by atoms with Crippen LogP contribution in [0, 0.1) is 5.82 Å². The highest BCUT2D eigenvalue weighted by Crippen LogP contribution is 2.29. The van der Waals surface area contributed by atoms with Gasteiger partial charge in [-0.1, -0.05) is 12.1 Å². The average Bonchev–Trinajstić information content (AvgIpc) is 3.49. The smallest absolute Gasteiger partial charge is 0.238 e. The molecule has 5 rings (SSSR count). The first-order valence-electron chi connectivity index (χ1n) is 11.0. The van der Waals surface area contributed by atoms with Crippen molar-refractivity contribution in [1.82, 2.24) is 30.0 Å². The minimum Gasteiger partial charge on any atom is -0.361 e. The maximum absolute atomic E-state index is 13.7. The summed E-state index contributed by atoms with van der Waals surface area (Å²) in [6.07, 6.45) is 5.31. The second-order valence-electron chi connectivity index (χ2n) is 8.17. The molecule has 1 aliphatic rings. The average molecular weight is 449 g/mol. The standard InChI is InChI=1S/C23H25FN8O/c24-17-3-1-2-4-19(17)28-21(33)14-32-11-7-15(8-12-32)18-6-5-16-22(30-31-23(16)29-18)27-13-20-25-9-10-26-20/h1-6,9-10,15H,7-8,11-14H2,(H,25,26)(H,28,33)(H2,27,29,30,31). The van der Waals surface area contributed by atoms with E-state index in [4.69, 9.17) is 4.98 Å². The Labute approximate surface area is 189 Å². The van der Waals surface area contributed by atoms with Crippen LogP contribution in [0.2, 0.25) is 0 Å². The number of fused-ring (bicyclic) bond motifs is 1. The van der Waals surface area contributed by atoms with Crippen LogP contribution in [0.25, 0.3) is 11.0 Å². The third-order valence-corrected chi connectivity index (χ3v) is 5.94. The number of para-hydroxylation sites is 1. The van der Waals surface area contributed by atoms with Crippen molar-refractivity contribution in [3.05, 3.63) is 66.1 Å². The first-order valence-corrected chi connectivity index (χ1v) is 11.0. The van der Waals surface area contributed by atoms with E-state index in [1.807, 2.05) is 6.07 Å². The van der Waals surface area contributed by atoms with Gasteiger partial charge in [0, 0.05) is 24.0 Å². The van der Waals surface area contributed by atoms with Crippen molar-refractivity contribution in [2.75, 3.05) is 30.3 Å². The minimum absolute atomic E-state index is 0.204. The molecule has 3 aromatic heterocycles. The Balaban J connectivity index is 1.15. The number of aromatic nitrogens is 5. The number of benzene rings is 1. The predicted molar refractivity (Wildman–Crippen MR) is 123 cm³/mol. The van der Waals surface area contributed by atoms with Gasteiger partial charge in [-0.3, -0.25) is 14.8 Å². The maximum atomic E-state index is 13.7. The van der Waals surface area contributed by atoms with Crippen LogP contribution < -0.4 is 10.6 Å². The molecule has 4 N–H and O–H groups in total. The number of amides is 1. The highest BCUT2D eigenvalue weighted by Gasteiger charge is 2.24. The fraction of sp³-hybridized carbons (Fsp3) is 0.304. The Morgan fingerprint density at radius 2 is 2.03 bits per heavy atom. The number of hydrogen-bond acceptors (Lipinski definition) is 6. The summed E-state index contributed by atoms with van der Waals surface area (Å²) in [5, 5.41) is 14.2. The first kappa shape index (κ1) is 21.1. The number of rotatable bonds is 7. The number of piperidine rings is 1. The molecule has 0 radical (unpaired) electrons. The van der Waals surface area contributed by atoms with Crippen molar-refractivity contribution < 1.29 is 9.18 Å². The Bertz CT molecular complexity index is 1230. The molecule has 1 aromatic carbocycles. The fourth-order valence-corrected chi connectivity index (χ4v) is 4.19. The summed E-state index contributed by atoms with van der Waals surface area (Å²) in [5.41, 5.74) is 1.99. The maximum Gasteiger partial charge on any atom is 0.238 e. The Hall–Kier alpha value is -3.79. The van der Waals surface area contributed by atoms with Gasteiger partial charge in [-0.15, -0.1) is 0 Å². The van der Waals surface area contributed by atoms with E-state index in [1.165, 1.54) is 6.07 Å². The molecule has 4 aromatic rings. The monoisotopic (exact) mass is 448 g/mol. The lowest BCUT2D eigenvalue weighted by molar-refractivity contribution is -0.117. The molecular formula is C23H25FN8O. The molecule has 0 saturated carbocycles. The molecule has 1 aliphatic heterocycles. The topological polar surface area (TPSA) is 115 Å². The Morgan fingerprint density at radius 3 is 2.82 bits per heavy atom. The van der Waals surface area contributed by atoms with Crippen LogP contribution >= 0.6 is 0 Å². The van der Waals surface area contributed by atoms with E-state index in [2.05, 4.69) is 41.8 Å². The number of likely N-dealkylation sites (tertiary alicyclic amines) is 1. The van der Waals surface area contributed by atoms with Crippen LogP contribution in [-0.2, 0) is 11.3 Å². The number of anilines is 2. The van der Waals surface area contributed by atoms with Gasteiger partial charge in [0.05, 0.1) is 24.2 Å². The molecular weight excluding hydrogens is 423 g/mol. The van der Waals surface area contributed by atoms with Gasteiger partial charge >= 0.3 is 0 Å². The zero-order chi connectivity index (χ0) is 22.6. The van der Waals surface area contributed by atoms with Crippen molar-refractivity contribution in [3.8, 4) is 0 Å². The number of pyridine rings is 1. The molecule has 4 heterocycles. The number of hydrogen-bond donors (Lipinski definition) is 4. The van der Waals surface area contributed by atoms with E-state index < -0.39 is 5.82 Å². The van der Waals surface area contributed by atoms with Crippen molar-refractivity contribution in [2.45, 2.75) is 25.3 Å². The zero-order valence-corrected chi connectivity index (χ0v) is 18.0. The summed E-state index contributed by atoms with van der Waals surface area (Å²) in [5.74, 6) is 1.28. The molecule has 170 valence electrons. The highest BCUT2D eigenvalue weighted by molar-refractivity contribution is 5.92. The van der Waals surface area contributed by atoms with E-state index in [0.29, 0.717) is 12.5 Å². The number of imidazole rings is 1. The second-order valence-corrected chi connectivity index (χ2v) is 8.17. The van der Waals surface area contributed by atoms with E-state index in [9.17, 15) is 9.18 Å². The van der Waals surface area contributed by atoms with Gasteiger partial charge in [-0.25, -0.2) is 14.4 Å². The number of carbonyl (C=O) groups is 1. The molecule has 9 nitrogen and oxygen atoms in total. The molecule has 0 bridgehead atoms. The number of H-pyrrole nitrogens is 2. The highest BCUT2D eigenvalue weighted by atomic mass is 19.1. The van der Waals surface area contributed by atoms with Gasteiger partial charge in [-0.2, -0.15) is 5.10 Å². The molecule has 1 saturated heterocycles. The van der Waals surface area contributed by atoms with Crippen molar-refractivity contribution in [2.24, 2.45) is 0 Å². The summed E-state index contributed by atoms with van der Waals surface area (Å²) in [7, 11) is 0. The SMILES string of the molecule is O=C(CN1CCC(c2ccc3c(NCc4ncc[nH]4)n[nH]c3n2)CC1)Nc1ccccc1F. The second kappa shape index (κ2) is 9.37. The lowest BCUT2D eigenvalue weighted by Gasteiger charge is -2.31. The summed E-state index contributed by atoms with van der Waals surface area (Å²) >= 11 is 0. The fourth-order valence-electron chi connectivity index (χ4n) is 4.19. The summed E-state index contributed by atoms with van der Waals surface area (Å²) in [6.45, 7) is 2.37. The Morgan fingerprint density at radius 1 is 1.18 bits per heavy atom. The van der Waals surface area contributed by atoms with Crippen molar-refractivity contribution in [3.63, 3.8) is 0 Å². The number of carbonyl (C=O) groups excluding carboxylic acids is 1. The number of halogens is 1. The van der Waals surface area contributed by atoms with Gasteiger partial charge in [0.25, 0.3) is 0 Å². The largest absolute Gasteiger partial charge is 0.361 e. The summed E-state index contributed by atoms with van der Waals surface area (Å²) in [4.78, 5) is 26.5. The molecule has 0 spiro atoms. The number of aromatic amines is 2. The van der Waals surface area contributed by atoms with Crippen LogP contribution in [0.1, 0.15) is 30.3 Å². The van der Waals surface area contributed by atoms with Crippen molar-refractivity contribution >= 4 is 28.4 Å². The molecule has 33 heavy (non-hydrogen) atoms. The minimum atomic E-state index is -0.427. The lowest BCUT2D eigenvalue weighted by Crippen LogP contribution is -2.39. The van der Waals surface area contributed by atoms with Crippen LogP contribution in [0.5, 0.6) is 0 Å². The number of nitrogens with one attached hydrogen (secondary N) is 4. The van der Waals surface area contributed by atoms with Gasteiger partial charge in [0.2, 0.25) is 5.91 Å². The molecule has 0 unspecified atom stereocenters. The summed E-state index contributed by atoms with van der Waals surface area (Å²) < 4.78 is 13.7. The number of nitrogens with zero attached hydrogens (tertiary/aromatic N) is 4. The normalized spacial score (nSPS) is 15.1. The molecule has 1 fully saturated rings. The van der Waals surface area contributed by atoms with Crippen LogP contribution in [0.3, 0.4) is 0 Å². The van der Waals surface area contributed by atoms with Gasteiger partial charge < -0.3 is 15.6 Å². The van der Waals surface area contributed by atoms with Gasteiger partial charge in [0.15, 0.2) is 11.5 Å². The Kier molecular flexibility index (Phi) is 5.99. The predicted octanol–water partition coefficient (Wildman–Crippen LogP) is 3.25. The third kappa shape index (κ3) is 4.85. The van der Waals surface area contributed by atoms with Crippen LogP contribution in [0.4, 0.5) is 15.9 Å². The van der Waals surface area contributed by atoms with Crippen LogP contribution in [0.15, 0.2) is 48.8 Å². The van der Waals surface area contributed by atoms with Gasteiger partial charge in [-0.05, 0) is 50.2 Å². The summed E-state index contributed by atoms with van der Waals surface area (Å²) in [6, 6.07) is 10.3. The van der Waals surface area contributed by atoms with E-state index >= 15 is 0 Å². The zero-order valence-electron chi connectivity index (χ0n) is 18.0. The van der Waals surface area contributed by atoms with Crippen molar-refractivity contribution in [1.29, 1.82) is 0 Å². The van der Waals surface area contributed by atoms with Gasteiger partial charge in [0.1, 0.15) is 11.6 Å². The first-order chi connectivity index (χ1) is 16.2. The van der Waals surface area contributed by atoms with E-state index in [1.54, 1.807) is 30.6 Å². The van der Waals surface area contributed by atoms with Crippen LogP contribution in [-0.4, -0.2) is 55.6 Å². The molecule has 1 amide bonds. The quantitative estimate of drug-likeness (QED) is 0.345. The van der Waals surface area contributed by atoms with E-state index in [0.717, 1.165) is 54.3 Å². The molecule has 0 aliphatic carbocycles. The van der Waals surface area contributed by atoms with E-state index in [-0.39, 0.29) is 18.1 Å².